The van der Waals surface area contributed by atoms with Crippen molar-refractivity contribution in [2.24, 2.45) is 0 Å². The average Bonchev–Trinajstić information content (AvgIpc) is 2.80. The van der Waals surface area contributed by atoms with Gasteiger partial charge < -0.3 is 5.73 Å². The minimum absolute atomic E-state index is 0.0247. The van der Waals surface area contributed by atoms with E-state index >= 15 is 0 Å². The number of benzene rings is 1. The van der Waals surface area contributed by atoms with Crippen LogP contribution in [0.5, 0.6) is 0 Å². The van der Waals surface area contributed by atoms with Crippen molar-refractivity contribution in [2.75, 3.05) is 5.73 Å². The zero-order chi connectivity index (χ0) is 22.7. The molecule has 0 radical (unpaired) electrons. The van der Waals surface area contributed by atoms with Gasteiger partial charge in [-0.2, -0.15) is 0 Å². The number of carbonyl (C=O) groups is 1. The highest BCUT2D eigenvalue weighted by molar-refractivity contribution is 7.89. The first kappa shape index (κ1) is 22.3. The van der Waals surface area contributed by atoms with Crippen molar-refractivity contribution in [3.8, 4) is 11.3 Å². The molecule has 4 rings (SSSR count). The first-order chi connectivity index (χ1) is 15.3. The van der Waals surface area contributed by atoms with Crippen molar-refractivity contribution in [3.05, 3.63) is 65.2 Å². The summed E-state index contributed by atoms with van der Waals surface area (Å²) in [5, 5.41) is 0.104. The monoisotopic (exact) mass is 471 g/mol. The highest BCUT2D eigenvalue weighted by atomic mass is 35.5. The zero-order valence-corrected chi connectivity index (χ0v) is 18.7. The summed E-state index contributed by atoms with van der Waals surface area (Å²) in [6.45, 7) is 0. The van der Waals surface area contributed by atoms with Gasteiger partial charge in [0, 0.05) is 29.6 Å². The van der Waals surface area contributed by atoms with Gasteiger partial charge in [-0.3, -0.25) is 9.78 Å². The van der Waals surface area contributed by atoms with Crippen LogP contribution in [0, 0.1) is 0 Å². The predicted molar refractivity (Wildman–Crippen MR) is 122 cm³/mol. The van der Waals surface area contributed by atoms with Crippen LogP contribution in [0.25, 0.3) is 11.3 Å². The molecule has 1 aliphatic rings. The highest BCUT2D eigenvalue weighted by Crippen LogP contribution is 2.29. The number of aromatic nitrogens is 3. The molecule has 2 aromatic heterocycles. The van der Waals surface area contributed by atoms with Crippen molar-refractivity contribution >= 4 is 33.2 Å². The van der Waals surface area contributed by atoms with Gasteiger partial charge in [-0.05, 0) is 37.1 Å². The lowest BCUT2D eigenvalue weighted by Gasteiger charge is -2.23. The van der Waals surface area contributed by atoms with E-state index < -0.39 is 15.8 Å². The van der Waals surface area contributed by atoms with E-state index in [4.69, 9.17) is 17.3 Å². The van der Waals surface area contributed by atoms with Gasteiger partial charge in [0.25, 0.3) is 0 Å². The molecule has 0 unspecified atom stereocenters. The van der Waals surface area contributed by atoms with E-state index in [1.54, 1.807) is 24.4 Å². The second-order valence-corrected chi connectivity index (χ2v) is 9.75. The normalized spacial score (nSPS) is 14.9. The molecule has 2 heterocycles. The fourth-order valence-corrected chi connectivity index (χ4v) is 5.54. The Balaban J connectivity index is 1.68. The summed E-state index contributed by atoms with van der Waals surface area (Å²) in [6.07, 6.45) is 9.08. The molecule has 3 N–H and O–H groups in total. The number of hydrogen-bond donors (Lipinski definition) is 2. The van der Waals surface area contributed by atoms with Gasteiger partial charge in [-0.25, -0.2) is 23.1 Å². The Labute approximate surface area is 191 Å². The minimum atomic E-state index is -3.83. The summed E-state index contributed by atoms with van der Waals surface area (Å²) in [6, 6.07) is 7.69. The standard InChI is InChI=1S/C22H22ClN5O3S/c23-17-9-8-14(11-19(17)32(30,31)28-16-6-2-1-3-7-16)18-13-26-22(24)20(27-18)21(29)15-5-4-10-25-12-15/h4-5,8-13,16,28H,1-3,6-7H2,(H2,24,26). The maximum absolute atomic E-state index is 13.0. The fraction of sp³-hybridized carbons (Fsp3) is 0.273. The number of hydrogen-bond acceptors (Lipinski definition) is 7. The van der Waals surface area contributed by atoms with Crippen LogP contribution in [0.3, 0.4) is 0 Å². The number of nitrogen functional groups attached to an aromatic ring is 1. The van der Waals surface area contributed by atoms with E-state index in [2.05, 4.69) is 19.7 Å². The van der Waals surface area contributed by atoms with Crippen molar-refractivity contribution in [1.82, 2.24) is 19.7 Å². The number of rotatable bonds is 6. The molecule has 0 atom stereocenters. The van der Waals surface area contributed by atoms with E-state index in [0.29, 0.717) is 16.8 Å². The number of halogens is 1. The molecule has 8 nitrogen and oxygen atoms in total. The van der Waals surface area contributed by atoms with E-state index in [1.165, 1.54) is 24.5 Å². The summed E-state index contributed by atoms with van der Waals surface area (Å²) in [5.74, 6) is -0.450. The van der Waals surface area contributed by atoms with Crippen molar-refractivity contribution in [2.45, 2.75) is 43.0 Å². The van der Waals surface area contributed by atoms with Crippen LogP contribution in [0.1, 0.15) is 48.2 Å². The van der Waals surface area contributed by atoms with E-state index in [9.17, 15) is 13.2 Å². The van der Waals surface area contributed by atoms with Gasteiger partial charge in [-0.15, -0.1) is 0 Å². The number of nitrogens with one attached hydrogen (secondary N) is 1. The number of sulfonamides is 1. The molecule has 10 heteroatoms. The second-order valence-electron chi connectivity index (χ2n) is 7.66. The van der Waals surface area contributed by atoms with Crippen LogP contribution in [0.4, 0.5) is 5.82 Å². The Morgan fingerprint density at radius 1 is 1.12 bits per heavy atom. The lowest BCUT2D eigenvalue weighted by atomic mass is 9.96. The summed E-state index contributed by atoms with van der Waals surface area (Å²) in [7, 11) is -3.83. The summed E-state index contributed by atoms with van der Waals surface area (Å²) in [4.78, 5) is 25.2. The average molecular weight is 472 g/mol. The Kier molecular flexibility index (Phi) is 6.50. The Morgan fingerprint density at radius 2 is 1.91 bits per heavy atom. The van der Waals surface area contributed by atoms with Gasteiger partial charge in [0.15, 0.2) is 11.5 Å². The molecule has 1 fully saturated rings. The lowest BCUT2D eigenvalue weighted by molar-refractivity contribution is 0.103. The highest BCUT2D eigenvalue weighted by Gasteiger charge is 2.25. The van der Waals surface area contributed by atoms with Crippen molar-refractivity contribution in [1.29, 1.82) is 0 Å². The predicted octanol–water partition coefficient (Wildman–Crippen LogP) is 3.62. The first-order valence-electron chi connectivity index (χ1n) is 10.2. The molecular weight excluding hydrogens is 450 g/mol. The SMILES string of the molecule is Nc1ncc(-c2ccc(Cl)c(S(=O)(=O)NC3CCCCC3)c2)nc1C(=O)c1cccnc1. The molecule has 0 amide bonds. The van der Waals surface area contributed by atoms with Gasteiger partial charge in [0.2, 0.25) is 15.8 Å². The molecule has 0 aliphatic heterocycles. The topological polar surface area (TPSA) is 128 Å². The third-order valence-electron chi connectivity index (χ3n) is 5.38. The van der Waals surface area contributed by atoms with Gasteiger partial charge >= 0.3 is 0 Å². The second kappa shape index (κ2) is 9.32. The maximum atomic E-state index is 13.0. The fourth-order valence-electron chi connectivity index (χ4n) is 3.71. The summed E-state index contributed by atoms with van der Waals surface area (Å²) in [5.41, 5.74) is 6.93. The molecule has 1 saturated carbocycles. The van der Waals surface area contributed by atoms with Crippen LogP contribution in [0.15, 0.2) is 53.8 Å². The molecule has 166 valence electrons. The number of ketones is 1. The molecule has 32 heavy (non-hydrogen) atoms. The quantitative estimate of drug-likeness (QED) is 0.525. The lowest BCUT2D eigenvalue weighted by Crippen LogP contribution is -2.36. The Hall–Kier alpha value is -2.88. The van der Waals surface area contributed by atoms with Gasteiger partial charge in [-0.1, -0.05) is 36.9 Å². The Morgan fingerprint density at radius 3 is 2.62 bits per heavy atom. The molecule has 1 aromatic carbocycles. The van der Waals surface area contributed by atoms with Crippen molar-refractivity contribution in [3.63, 3.8) is 0 Å². The molecule has 3 aromatic rings. The summed E-state index contributed by atoms with van der Waals surface area (Å²) < 4.78 is 28.8. The third kappa shape index (κ3) is 4.79. The zero-order valence-electron chi connectivity index (χ0n) is 17.2. The molecule has 0 spiro atoms. The minimum Gasteiger partial charge on any atom is -0.382 e. The molecular formula is C22H22ClN5O3S. The van der Waals surface area contributed by atoms with E-state index in [-0.39, 0.29) is 27.5 Å². The number of anilines is 1. The van der Waals surface area contributed by atoms with Gasteiger partial charge in [0.05, 0.1) is 16.9 Å². The van der Waals surface area contributed by atoms with Crippen LogP contribution < -0.4 is 10.5 Å². The maximum Gasteiger partial charge on any atom is 0.242 e. The smallest absolute Gasteiger partial charge is 0.242 e. The van der Waals surface area contributed by atoms with Gasteiger partial charge in [0.1, 0.15) is 4.90 Å². The molecule has 1 aliphatic carbocycles. The Bertz CT molecular complexity index is 1250. The van der Waals surface area contributed by atoms with Crippen molar-refractivity contribution < 1.29 is 13.2 Å². The van der Waals surface area contributed by atoms with Crippen LogP contribution in [-0.4, -0.2) is 35.2 Å². The molecule has 0 bridgehead atoms. The number of nitrogens with zero attached hydrogens (tertiary/aromatic N) is 3. The summed E-state index contributed by atoms with van der Waals surface area (Å²) >= 11 is 6.24. The van der Waals surface area contributed by atoms with E-state index in [1.807, 2.05) is 0 Å². The number of nitrogens with two attached hydrogens (primary N) is 1. The third-order valence-corrected chi connectivity index (χ3v) is 7.39. The molecule has 0 saturated heterocycles. The van der Waals surface area contributed by atoms with E-state index in [0.717, 1.165) is 32.1 Å². The number of carbonyl (C=O) groups excluding carboxylic acids is 1. The number of pyridine rings is 1. The largest absolute Gasteiger partial charge is 0.382 e. The van der Waals surface area contributed by atoms with Crippen LogP contribution >= 0.6 is 11.6 Å². The van der Waals surface area contributed by atoms with Crippen LogP contribution in [0.2, 0.25) is 5.02 Å². The first-order valence-corrected chi connectivity index (χ1v) is 12.1. The van der Waals surface area contributed by atoms with Crippen LogP contribution in [-0.2, 0) is 10.0 Å².